The molecule has 0 aliphatic carbocycles. The van der Waals surface area contributed by atoms with Crippen LogP contribution in [0.25, 0.3) is 0 Å². The van der Waals surface area contributed by atoms with Crippen molar-refractivity contribution in [3.8, 4) is 0 Å². The average molecular weight is 235 g/mol. The van der Waals surface area contributed by atoms with Gasteiger partial charge in [-0.25, -0.2) is 8.42 Å². The zero-order chi connectivity index (χ0) is 11.9. The summed E-state index contributed by atoms with van der Waals surface area (Å²) in [7, 11) is -2.95. The molecule has 1 atom stereocenters. The topological polar surface area (TPSA) is 77.2 Å². The van der Waals surface area contributed by atoms with Crippen LogP contribution >= 0.6 is 0 Å². The summed E-state index contributed by atoms with van der Waals surface area (Å²) >= 11 is 0. The molecule has 0 saturated heterocycles. The summed E-state index contributed by atoms with van der Waals surface area (Å²) in [6.45, 7) is 2.37. The molecule has 0 aliphatic heterocycles. The fourth-order valence-corrected chi connectivity index (χ4v) is 2.14. The lowest BCUT2D eigenvalue weighted by molar-refractivity contribution is -0.122. The van der Waals surface area contributed by atoms with Crippen LogP contribution in [0.5, 0.6) is 0 Å². The van der Waals surface area contributed by atoms with Crippen LogP contribution in [-0.4, -0.2) is 32.8 Å². The third kappa shape index (κ3) is 7.50. The first-order chi connectivity index (χ1) is 6.90. The van der Waals surface area contributed by atoms with E-state index in [4.69, 9.17) is 5.73 Å². The maximum Gasteiger partial charge on any atom is 0.147 e. The van der Waals surface area contributed by atoms with E-state index in [1.54, 1.807) is 0 Å². The summed E-state index contributed by atoms with van der Waals surface area (Å²) in [4.78, 5) is 11.6. The van der Waals surface area contributed by atoms with Crippen LogP contribution in [-0.2, 0) is 14.6 Å². The molecule has 0 spiro atoms. The van der Waals surface area contributed by atoms with Gasteiger partial charge in [-0.15, -0.1) is 0 Å². The lowest BCUT2D eigenvalue weighted by atomic mass is 9.96. The summed E-state index contributed by atoms with van der Waals surface area (Å²) in [6, 6.07) is 0. The van der Waals surface area contributed by atoms with Gasteiger partial charge in [0.1, 0.15) is 15.6 Å². The molecule has 0 aliphatic rings. The van der Waals surface area contributed by atoms with Gasteiger partial charge in [0.15, 0.2) is 0 Å². The normalized spacial score (nSPS) is 13.8. The molecular weight excluding hydrogens is 214 g/mol. The largest absolute Gasteiger partial charge is 0.330 e. The van der Waals surface area contributed by atoms with Crippen LogP contribution in [0.2, 0.25) is 0 Å². The number of nitrogens with two attached hydrogens (primary N) is 1. The standard InChI is InChI=1S/C10H21NO3S/c1-3-5-9(8-11)10(12)6-4-7-15(2,13)14/h9H,3-8,11H2,1-2H3. The monoisotopic (exact) mass is 235 g/mol. The highest BCUT2D eigenvalue weighted by Gasteiger charge is 2.15. The number of carbonyl (C=O) groups excluding carboxylic acids is 1. The fraction of sp³-hybridized carbons (Fsp3) is 0.900. The van der Waals surface area contributed by atoms with Crippen molar-refractivity contribution in [2.75, 3.05) is 18.6 Å². The van der Waals surface area contributed by atoms with Crippen LogP contribution in [0.4, 0.5) is 0 Å². The minimum absolute atomic E-state index is 0.0855. The third-order valence-corrected chi connectivity index (χ3v) is 3.35. The van der Waals surface area contributed by atoms with Gasteiger partial charge in [-0.2, -0.15) is 0 Å². The molecule has 0 rings (SSSR count). The second-order valence-corrected chi connectivity index (χ2v) is 6.18. The Morgan fingerprint density at radius 1 is 1.40 bits per heavy atom. The highest BCUT2D eigenvalue weighted by molar-refractivity contribution is 7.90. The number of ketones is 1. The number of carbonyl (C=O) groups is 1. The first-order valence-corrected chi connectivity index (χ1v) is 7.37. The van der Waals surface area contributed by atoms with Gasteiger partial charge in [-0.1, -0.05) is 13.3 Å². The molecule has 0 amide bonds. The summed E-state index contributed by atoms with van der Waals surface area (Å²) in [5, 5.41) is 0. The minimum Gasteiger partial charge on any atom is -0.330 e. The maximum atomic E-state index is 11.6. The molecule has 5 heteroatoms. The van der Waals surface area contributed by atoms with Crippen LogP contribution < -0.4 is 5.73 Å². The van der Waals surface area contributed by atoms with Crippen molar-refractivity contribution in [2.45, 2.75) is 32.6 Å². The molecule has 0 fully saturated rings. The van der Waals surface area contributed by atoms with E-state index >= 15 is 0 Å². The molecule has 4 nitrogen and oxygen atoms in total. The molecule has 0 aromatic rings. The molecule has 0 heterocycles. The van der Waals surface area contributed by atoms with E-state index < -0.39 is 9.84 Å². The van der Waals surface area contributed by atoms with Crippen molar-refractivity contribution in [3.63, 3.8) is 0 Å². The third-order valence-electron chi connectivity index (χ3n) is 2.32. The summed E-state index contributed by atoms with van der Waals surface area (Å²) in [6.07, 6.45) is 3.66. The van der Waals surface area contributed by atoms with Crippen LogP contribution in [0.1, 0.15) is 32.6 Å². The Bertz CT molecular complexity index is 285. The van der Waals surface area contributed by atoms with E-state index in [0.717, 1.165) is 12.8 Å². The number of sulfone groups is 1. The Morgan fingerprint density at radius 2 is 2.00 bits per heavy atom. The Hall–Kier alpha value is -0.420. The first kappa shape index (κ1) is 14.6. The second-order valence-electron chi connectivity index (χ2n) is 3.92. The van der Waals surface area contributed by atoms with Gasteiger partial charge < -0.3 is 5.73 Å². The number of rotatable bonds is 8. The fourth-order valence-electron chi connectivity index (χ4n) is 1.47. The van der Waals surface area contributed by atoms with E-state index in [9.17, 15) is 13.2 Å². The SMILES string of the molecule is CCCC(CN)C(=O)CCCS(C)(=O)=O. The van der Waals surface area contributed by atoms with Crippen LogP contribution in [0.15, 0.2) is 0 Å². The smallest absolute Gasteiger partial charge is 0.147 e. The highest BCUT2D eigenvalue weighted by atomic mass is 32.2. The summed E-state index contributed by atoms with van der Waals surface area (Å²) in [5.74, 6) is 0.0971. The van der Waals surface area contributed by atoms with E-state index in [1.807, 2.05) is 6.92 Å². The molecule has 90 valence electrons. The van der Waals surface area contributed by atoms with Gasteiger partial charge >= 0.3 is 0 Å². The lowest BCUT2D eigenvalue weighted by Gasteiger charge is -2.11. The van der Waals surface area contributed by atoms with Crippen molar-refractivity contribution in [2.24, 2.45) is 11.7 Å². The van der Waals surface area contributed by atoms with Crippen LogP contribution in [0, 0.1) is 5.92 Å². The van der Waals surface area contributed by atoms with Crippen molar-refractivity contribution < 1.29 is 13.2 Å². The highest BCUT2D eigenvalue weighted by Crippen LogP contribution is 2.10. The lowest BCUT2D eigenvalue weighted by Crippen LogP contribution is -2.23. The van der Waals surface area contributed by atoms with Crippen molar-refractivity contribution in [1.82, 2.24) is 0 Å². The van der Waals surface area contributed by atoms with Gasteiger partial charge in [-0.3, -0.25) is 4.79 Å². The van der Waals surface area contributed by atoms with Crippen molar-refractivity contribution in [3.05, 3.63) is 0 Å². The molecule has 2 N–H and O–H groups in total. The van der Waals surface area contributed by atoms with Crippen molar-refractivity contribution >= 4 is 15.6 Å². The Morgan fingerprint density at radius 3 is 2.40 bits per heavy atom. The van der Waals surface area contributed by atoms with Gasteiger partial charge in [0, 0.05) is 25.1 Å². The van der Waals surface area contributed by atoms with E-state index in [1.165, 1.54) is 6.26 Å². The zero-order valence-corrected chi connectivity index (χ0v) is 10.3. The predicted molar refractivity (Wildman–Crippen MR) is 61.4 cm³/mol. The predicted octanol–water partition coefficient (Wildman–Crippen LogP) is 0.755. The molecule has 0 saturated carbocycles. The Balaban J connectivity index is 3.91. The van der Waals surface area contributed by atoms with E-state index in [0.29, 0.717) is 19.4 Å². The van der Waals surface area contributed by atoms with Gasteiger partial charge in [0.25, 0.3) is 0 Å². The molecule has 0 bridgehead atoms. The van der Waals surface area contributed by atoms with E-state index in [-0.39, 0.29) is 17.5 Å². The van der Waals surface area contributed by atoms with E-state index in [2.05, 4.69) is 0 Å². The summed E-state index contributed by atoms with van der Waals surface area (Å²) in [5.41, 5.74) is 5.48. The summed E-state index contributed by atoms with van der Waals surface area (Å²) < 4.78 is 21.7. The van der Waals surface area contributed by atoms with Gasteiger partial charge in [0.05, 0.1) is 5.75 Å². The van der Waals surface area contributed by atoms with Gasteiger partial charge in [-0.05, 0) is 12.8 Å². The Labute approximate surface area is 92.2 Å². The Kier molecular flexibility index (Phi) is 6.76. The number of hydrogen-bond donors (Lipinski definition) is 1. The molecule has 15 heavy (non-hydrogen) atoms. The molecule has 0 aromatic heterocycles. The molecule has 0 radical (unpaired) electrons. The van der Waals surface area contributed by atoms with Crippen molar-refractivity contribution in [1.29, 1.82) is 0 Å². The molecule has 0 aromatic carbocycles. The minimum atomic E-state index is -2.95. The number of Topliss-reactive ketones (excluding diaryl/α,β-unsaturated/α-hetero) is 1. The first-order valence-electron chi connectivity index (χ1n) is 5.31. The van der Waals surface area contributed by atoms with Gasteiger partial charge in [0.2, 0.25) is 0 Å². The second kappa shape index (κ2) is 6.95. The zero-order valence-electron chi connectivity index (χ0n) is 9.53. The maximum absolute atomic E-state index is 11.6. The molecular formula is C10H21NO3S. The van der Waals surface area contributed by atoms with Crippen LogP contribution in [0.3, 0.4) is 0 Å². The average Bonchev–Trinajstić information content (AvgIpc) is 2.11. The number of hydrogen-bond acceptors (Lipinski definition) is 4. The quantitative estimate of drug-likeness (QED) is 0.673. The molecule has 1 unspecified atom stereocenters.